The molecule has 1 atom stereocenters. The Kier molecular flexibility index (Phi) is 5.53. The highest BCUT2D eigenvalue weighted by atomic mass is 16.5. The normalized spacial score (nSPS) is 17.2. The number of carbonyl (C=O) groups is 1. The molecule has 0 spiro atoms. The van der Waals surface area contributed by atoms with E-state index in [0.717, 1.165) is 31.0 Å². The Morgan fingerprint density at radius 2 is 2.32 bits per heavy atom. The van der Waals surface area contributed by atoms with Crippen LogP contribution in [0, 0.1) is 0 Å². The molecule has 5 nitrogen and oxygen atoms in total. The number of ether oxygens (including phenoxy) is 1. The maximum Gasteiger partial charge on any atom is 0.254 e. The van der Waals surface area contributed by atoms with E-state index in [0.29, 0.717) is 18.7 Å². The monoisotopic (exact) mass is 339 g/mol. The molecule has 2 heterocycles. The van der Waals surface area contributed by atoms with Gasteiger partial charge < -0.3 is 14.6 Å². The lowest BCUT2D eigenvalue weighted by molar-refractivity contribution is 0.0704. The molecule has 1 N–H and O–H groups in total. The van der Waals surface area contributed by atoms with Gasteiger partial charge >= 0.3 is 0 Å². The number of allylic oxidation sites excluding steroid dienone is 1. The van der Waals surface area contributed by atoms with Gasteiger partial charge in [0.25, 0.3) is 5.91 Å². The van der Waals surface area contributed by atoms with Crippen LogP contribution in [0.1, 0.15) is 48.8 Å². The molecule has 5 heteroatoms. The van der Waals surface area contributed by atoms with Crippen LogP contribution in [0.4, 0.5) is 0 Å². The van der Waals surface area contributed by atoms with Crippen molar-refractivity contribution in [1.82, 2.24) is 14.9 Å². The number of nitrogens with zero attached hydrogens (tertiary/aromatic N) is 2. The van der Waals surface area contributed by atoms with E-state index in [-0.39, 0.29) is 11.8 Å². The molecule has 0 radical (unpaired) electrons. The van der Waals surface area contributed by atoms with Crippen LogP contribution in [0.2, 0.25) is 0 Å². The summed E-state index contributed by atoms with van der Waals surface area (Å²) < 4.78 is 5.71. The second-order valence-electron chi connectivity index (χ2n) is 6.69. The second kappa shape index (κ2) is 8.01. The van der Waals surface area contributed by atoms with Crippen LogP contribution in [-0.4, -0.2) is 40.5 Å². The minimum Gasteiger partial charge on any atom is -0.490 e. The lowest BCUT2D eigenvalue weighted by Gasteiger charge is -2.32. The molecule has 2 aromatic rings. The number of aromatic nitrogens is 2. The van der Waals surface area contributed by atoms with Gasteiger partial charge in [-0.05, 0) is 51.0 Å². The number of imidazole rings is 1. The zero-order valence-electron chi connectivity index (χ0n) is 14.9. The second-order valence-corrected chi connectivity index (χ2v) is 6.69. The molecule has 25 heavy (non-hydrogen) atoms. The van der Waals surface area contributed by atoms with Gasteiger partial charge in [0.15, 0.2) is 0 Å². The van der Waals surface area contributed by atoms with E-state index >= 15 is 0 Å². The van der Waals surface area contributed by atoms with Crippen molar-refractivity contribution < 1.29 is 9.53 Å². The van der Waals surface area contributed by atoms with Crippen molar-refractivity contribution in [1.29, 1.82) is 0 Å². The third-order valence-electron chi connectivity index (χ3n) is 4.44. The average Bonchev–Trinajstić information content (AvgIpc) is 3.16. The van der Waals surface area contributed by atoms with Gasteiger partial charge in [-0.25, -0.2) is 4.98 Å². The summed E-state index contributed by atoms with van der Waals surface area (Å²) in [5.74, 6) is 2.04. The van der Waals surface area contributed by atoms with E-state index in [1.807, 2.05) is 55.3 Å². The fraction of sp³-hybridized carbons (Fsp3) is 0.400. The first-order valence-electron chi connectivity index (χ1n) is 8.78. The van der Waals surface area contributed by atoms with Crippen molar-refractivity contribution in [3.05, 3.63) is 59.7 Å². The fourth-order valence-electron chi connectivity index (χ4n) is 3.09. The van der Waals surface area contributed by atoms with Gasteiger partial charge in [-0.1, -0.05) is 11.6 Å². The van der Waals surface area contributed by atoms with Gasteiger partial charge in [0.05, 0.1) is 0 Å². The Morgan fingerprint density at radius 3 is 3.08 bits per heavy atom. The number of H-pyrrole nitrogens is 1. The van der Waals surface area contributed by atoms with Gasteiger partial charge in [0.2, 0.25) is 0 Å². The molecule has 1 aromatic carbocycles. The molecule has 0 saturated carbocycles. The fourth-order valence-corrected chi connectivity index (χ4v) is 3.09. The summed E-state index contributed by atoms with van der Waals surface area (Å²) in [6.07, 6.45) is 7.68. The Balaban J connectivity index is 1.66. The summed E-state index contributed by atoms with van der Waals surface area (Å²) in [4.78, 5) is 22.3. The number of nitrogens with one attached hydrogen (secondary N) is 1. The lowest BCUT2D eigenvalue weighted by Crippen LogP contribution is -2.39. The number of likely N-dealkylation sites (tertiary alicyclic amines) is 1. The van der Waals surface area contributed by atoms with Crippen molar-refractivity contribution in [3.8, 4) is 5.75 Å². The highest BCUT2D eigenvalue weighted by Gasteiger charge is 2.26. The van der Waals surface area contributed by atoms with Crippen LogP contribution in [-0.2, 0) is 0 Å². The Morgan fingerprint density at radius 1 is 1.44 bits per heavy atom. The van der Waals surface area contributed by atoms with Gasteiger partial charge in [0.1, 0.15) is 18.2 Å². The van der Waals surface area contributed by atoms with Crippen molar-refractivity contribution >= 4 is 5.91 Å². The minimum absolute atomic E-state index is 0.0592. The Hall–Kier alpha value is -2.56. The number of hydrogen-bond acceptors (Lipinski definition) is 3. The minimum atomic E-state index is 0.0592. The first-order valence-corrected chi connectivity index (χ1v) is 8.78. The lowest BCUT2D eigenvalue weighted by atomic mass is 9.96. The molecular formula is C20H25N3O2. The number of rotatable bonds is 5. The molecule has 132 valence electrons. The Bertz CT molecular complexity index is 733. The van der Waals surface area contributed by atoms with E-state index in [9.17, 15) is 4.79 Å². The largest absolute Gasteiger partial charge is 0.490 e. The SMILES string of the molecule is CC(C)=CCOc1cccc(C(=O)N2CCC[C@@H](c3ncc[nH]3)C2)c1. The van der Waals surface area contributed by atoms with Gasteiger partial charge in [0, 0.05) is 37.0 Å². The van der Waals surface area contributed by atoms with Crippen molar-refractivity contribution in [2.75, 3.05) is 19.7 Å². The van der Waals surface area contributed by atoms with Crippen LogP contribution in [0.15, 0.2) is 48.3 Å². The summed E-state index contributed by atoms with van der Waals surface area (Å²) >= 11 is 0. The van der Waals surface area contributed by atoms with Crippen LogP contribution in [0.25, 0.3) is 0 Å². The average molecular weight is 339 g/mol. The zero-order valence-corrected chi connectivity index (χ0v) is 14.9. The summed E-state index contributed by atoms with van der Waals surface area (Å²) in [5, 5.41) is 0. The summed E-state index contributed by atoms with van der Waals surface area (Å²) in [7, 11) is 0. The molecule has 1 aliphatic rings. The van der Waals surface area contributed by atoms with Crippen LogP contribution in [0.5, 0.6) is 5.75 Å². The van der Waals surface area contributed by atoms with Gasteiger partial charge in [-0.2, -0.15) is 0 Å². The molecule has 1 saturated heterocycles. The molecule has 1 aromatic heterocycles. The van der Waals surface area contributed by atoms with Crippen LogP contribution < -0.4 is 4.74 Å². The molecule has 1 fully saturated rings. The molecular weight excluding hydrogens is 314 g/mol. The van der Waals surface area contributed by atoms with Gasteiger partial charge in [-0.15, -0.1) is 0 Å². The third-order valence-corrected chi connectivity index (χ3v) is 4.44. The topological polar surface area (TPSA) is 58.2 Å². The molecule has 0 aliphatic carbocycles. The predicted octanol–water partition coefficient (Wildman–Crippen LogP) is 3.77. The van der Waals surface area contributed by atoms with Gasteiger partial charge in [-0.3, -0.25) is 4.79 Å². The van der Waals surface area contributed by atoms with E-state index in [1.165, 1.54) is 5.57 Å². The number of hydrogen-bond donors (Lipinski definition) is 1. The van der Waals surface area contributed by atoms with E-state index in [4.69, 9.17) is 4.74 Å². The number of aromatic amines is 1. The summed E-state index contributed by atoms with van der Waals surface area (Å²) in [6.45, 7) is 6.09. The number of carbonyl (C=O) groups excluding carboxylic acids is 1. The van der Waals surface area contributed by atoms with Crippen LogP contribution >= 0.6 is 0 Å². The zero-order chi connectivity index (χ0) is 17.6. The Labute approximate surface area is 148 Å². The van der Waals surface area contributed by atoms with Crippen LogP contribution in [0.3, 0.4) is 0 Å². The molecule has 3 rings (SSSR count). The molecule has 0 unspecified atom stereocenters. The third kappa shape index (κ3) is 4.50. The maximum absolute atomic E-state index is 12.9. The molecule has 1 aliphatic heterocycles. The van der Waals surface area contributed by atoms with Crippen molar-refractivity contribution in [3.63, 3.8) is 0 Å². The molecule has 1 amide bonds. The predicted molar refractivity (Wildman–Crippen MR) is 97.8 cm³/mol. The first kappa shape index (κ1) is 17.3. The quantitative estimate of drug-likeness (QED) is 0.844. The number of benzene rings is 1. The van der Waals surface area contributed by atoms with E-state index in [1.54, 1.807) is 6.20 Å². The van der Waals surface area contributed by atoms with Crippen molar-refractivity contribution in [2.45, 2.75) is 32.6 Å². The highest BCUT2D eigenvalue weighted by Crippen LogP contribution is 2.26. The number of piperidine rings is 1. The standard InChI is InChI=1S/C20H25N3O2/c1-15(2)8-12-25-18-7-3-5-16(13-18)20(24)23-11-4-6-17(14-23)19-21-9-10-22-19/h3,5,7-10,13,17H,4,6,11-12,14H2,1-2H3,(H,21,22)/t17-/m1/s1. The summed E-state index contributed by atoms with van der Waals surface area (Å²) in [5.41, 5.74) is 1.89. The van der Waals surface area contributed by atoms with E-state index in [2.05, 4.69) is 9.97 Å². The maximum atomic E-state index is 12.9. The first-order chi connectivity index (χ1) is 12.1. The number of amides is 1. The van der Waals surface area contributed by atoms with Crippen molar-refractivity contribution in [2.24, 2.45) is 0 Å². The van der Waals surface area contributed by atoms with E-state index < -0.39 is 0 Å². The molecule has 0 bridgehead atoms. The highest BCUT2D eigenvalue weighted by molar-refractivity contribution is 5.94. The summed E-state index contributed by atoms with van der Waals surface area (Å²) in [6, 6.07) is 7.45. The smallest absolute Gasteiger partial charge is 0.254 e.